The second-order valence-electron chi connectivity index (χ2n) is 8.46. The van der Waals surface area contributed by atoms with Gasteiger partial charge in [-0.25, -0.2) is 4.79 Å². The Hall–Kier alpha value is -3.63. The van der Waals surface area contributed by atoms with Crippen molar-refractivity contribution in [2.75, 3.05) is 7.11 Å². The van der Waals surface area contributed by atoms with Crippen molar-refractivity contribution < 1.29 is 14.6 Å². The molecule has 0 heterocycles. The van der Waals surface area contributed by atoms with Crippen LogP contribution < -0.4 is 10.1 Å². The number of methoxy groups -OCH3 is 1. The average Bonchev–Trinajstić information content (AvgIpc) is 2.83. The Balaban J connectivity index is 1.75. The van der Waals surface area contributed by atoms with Gasteiger partial charge < -0.3 is 15.2 Å². The van der Waals surface area contributed by atoms with Crippen LogP contribution in [0.1, 0.15) is 53.0 Å². The van der Waals surface area contributed by atoms with E-state index in [-0.39, 0.29) is 12.1 Å². The van der Waals surface area contributed by atoms with E-state index in [0.29, 0.717) is 5.56 Å². The van der Waals surface area contributed by atoms with Gasteiger partial charge in [-0.3, -0.25) is 0 Å². The second-order valence-corrected chi connectivity index (χ2v) is 8.46. The van der Waals surface area contributed by atoms with Crippen LogP contribution in [0.15, 0.2) is 78.9 Å². The molecule has 33 heavy (non-hydrogen) atoms. The van der Waals surface area contributed by atoms with E-state index in [0.717, 1.165) is 44.3 Å². The van der Waals surface area contributed by atoms with Crippen LogP contribution in [0.4, 0.5) is 0 Å². The van der Waals surface area contributed by atoms with Gasteiger partial charge >= 0.3 is 5.97 Å². The highest BCUT2D eigenvalue weighted by Gasteiger charge is 2.17. The van der Waals surface area contributed by atoms with Crippen molar-refractivity contribution in [3.63, 3.8) is 0 Å². The minimum absolute atomic E-state index is 0.0810. The van der Waals surface area contributed by atoms with Crippen molar-refractivity contribution in [3.8, 4) is 16.9 Å². The number of fused-ring (bicyclic) bond motifs is 1. The maximum atomic E-state index is 11.7. The number of carbonyl (C=O) groups is 1. The Morgan fingerprint density at radius 2 is 1.58 bits per heavy atom. The molecule has 4 nitrogen and oxygen atoms in total. The van der Waals surface area contributed by atoms with Crippen molar-refractivity contribution in [3.05, 3.63) is 101 Å². The molecule has 0 amide bonds. The van der Waals surface area contributed by atoms with Gasteiger partial charge in [0, 0.05) is 12.1 Å². The summed E-state index contributed by atoms with van der Waals surface area (Å²) in [6, 6.07) is 26.5. The van der Waals surface area contributed by atoms with Gasteiger partial charge in [-0.1, -0.05) is 48.5 Å². The summed E-state index contributed by atoms with van der Waals surface area (Å²) in [7, 11) is 1.68. The van der Waals surface area contributed by atoms with Crippen LogP contribution in [0.25, 0.3) is 21.9 Å². The van der Waals surface area contributed by atoms with Gasteiger partial charge in [0.1, 0.15) is 5.75 Å². The predicted molar refractivity (Wildman–Crippen MR) is 134 cm³/mol. The first-order valence-electron chi connectivity index (χ1n) is 11.1. The van der Waals surface area contributed by atoms with Crippen LogP contribution in [0, 0.1) is 6.92 Å². The number of aromatic carboxylic acids is 1. The summed E-state index contributed by atoms with van der Waals surface area (Å²) in [6.07, 6.45) is 0. The molecule has 168 valence electrons. The summed E-state index contributed by atoms with van der Waals surface area (Å²) in [4.78, 5) is 11.7. The summed E-state index contributed by atoms with van der Waals surface area (Å²) in [5.41, 5.74) is 5.41. The molecule has 1 unspecified atom stereocenters. The van der Waals surface area contributed by atoms with E-state index in [9.17, 15) is 9.90 Å². The Morgan fingerprint density at radius 1 is 0.848 bits per heavy atom. The molecule has 0 aliphatic heterocycles. The number of hydrogen-bond donors (Lipinski definition) is 2. The van der Waals surface area contributed by atoms with E-state index >= 15 is 0 Å². The molecule has 0 radical (unpaired) electrons. The Labute approximate surface area is 194 Å². The maximum Gasteiger partial charge on any atom is 0.335 e. The zero-order valence-corrected chi connectivity index (χ0v) is 19.4. The van der Waals surface area contributed by atoms with Crippen molar-refractivity contribution in [2.24, 2.45) is 0 Å². The molecule has 0 aromatic heterocycles. The first-order valence-corrected chi connectivity index (χ1v) is 11.1. The number of carboxylic acid groups (broad SMARTS) is 1. The lowest BCUT2D eigenvalue weighted by molar-refractivity contribution is 0.0696. The minimum Gasteiger partial charge on any atom is -0.497 e. The molecule has 2 atom stereocenters. The quantitative estimate of drug-likeness (QED) is 0.328. The zero-order valence-electron chi connectivity index (χ0n) is 19.4. The summed E-state index contributed by atoms with van der Waals surface area (Å²) in [5.74, 6) is -0.0625. The summed E-state index contributed by atoms with van der Waals surface area (Å²) >= 11 is 0. The maximum absolute atomic E-state index is 11.7. The van der Waals surface area contributed by atoms with Crippen molar-refractivity contribution in [1.29, 1.82) is 0 Å². The molecule has 4 aromatic rings. The van der Waals surface area contributed by atoms with E-state index in [1.807, 2.05) is 43.3 Å². The second kappa shape index (κ2) is 9.47. The van der Waals surface area contributed by atoms with Crippen LogP contribution in [0.2, 0.25) is 0 Å². The lowest BCUT2D eigenvalue weighted by Crippen LogP contribution is -2.22. The van der Waals surface area contributed by atoms with E-state index in [1.165, 1.54) is 0 Å². The van der Waals surface area contributed by atoms with Gasteiger partial charge in [0.15, 0.2) is 0 Å². The largest absolute Gasteiger partial charge is 0.497 e. The zero-order chi connectivity index (χ0) is 23.5. The number of nitrogens with one attached hydrogen (secondary N) is 1. The van der Waals surface area contributed by atoms with Crippen LogP contribution in [0.3, 0.4) is 0 Å². The van der Waals surface area contributed by atoms with Crippen LogP contribution >= 0.6 is 0 Å². The molecule has 0 aliphatic carbocycles. The topological polar surface area (TPSA) is 58.6 Å². The molecule has 0 saturated heterocycles. The third kappa shape index (κ3) is 4.62. The van der Waals surface area contributed by atoms with Crippen LogP contribution in [-0.4, -0.2) is 18.2 Å². The van der Waals surface area contributed by atoms with Crippen LogP contribution in [-0.2, 0) is 0 Å². The molecular formula is C29H29NO3. The molecular weight excluding hydrogens is 410 g/mol. The van der Waals surface area contributed by atoms with E-state index in [2.05, 4.69) is 55.6 Å². The molecule has 0 aliphatic rings. The molecule has 0 saturated carbocycles. The highest BCUT2D eigenvalue weighted by Crippen LogP contribution is 2.35. The van der Waals surface area contributed by atoms with E-state index in [4.69, 9.17) is 4.74 Å². The third-order valence-electron chi connectivity index (χ3n) is 6.33. The summed E-state index contributed by atoms with van der Waals surface area (Å²) in [6.45, 7) is 6.19. The van der Waals surface area contributed by atoms with Gasteiger partial charge in [-0.05, 0) is 89.7 Å². The number of carboxylic acids is 1. The fraction of sp³-hybridized carbons (Fsp3) is 0.207. The summed E-state index contributed by atoms with van der Waals surface area (Å²) in [5, 5.41) is 15.6. The highest BCUT2D eigenvalue weighted by molar-refractivity contribution is 6.00. The molecule has 2 N–H and O–H groups in total. The Morgan fingerprint density at radius 3 is 2.33 bits per heavy atom. The van der Waals surface area contributed by atoms with Crippen molar-refractivity contribution in [2.45, 2.75) is 32.9 Å². The third-order valence-corrected chi connectivity index (χ3v) is 6.33. The van der Waals surface area contributed by atoms with Gasteiger partial charge in [-0.15, -0.1) is 0 Å². The Bertz CT molecular complexity index is 1310. The Kier molecular flexibility index (Phi) is 6.47. The number of rotatable bonds is 7. The molecule has 4 rings (SSSR count). The minimum atomic E-state index is -0.906. The van der Waals surface area contributed by atoms with Crippen molar-refractivity contribution in [1.82, 2.24) is 5.32 Å². The lowest BCUT2D eigenvalue weighted by atomic mass is 9.89. The summed E-state index contributed by atoms with van der Waals surface area (Å²) < 4.78 is 5.38. The molecule has 0 spiro atoms. The first-order chi connectivity index (χ1) is 15.9. The normalized spacial score (nSPS) is 13.0. The number of hydrogen-bond acceptors (Lipinski definition) is 3. The van der Waals surface area contributed by atoms with Gasteiger partial charge in [-0.2, -0.15) is 0 Å². The van der Waals surface area contributed by atoms with E-state index in [1.54, 1.807) is 13.2 Å². The molecule has 0 bridgehead atoms. The first kappa shape index (κ1) is 22.6. The fourth-order valence-electron chi connectivity index (χ4n) is 4.44. The number of benzene rings is 4. The molecule has 4 heteroatoms. The van der Waals surface area contributed by atoms with E-state index < -0.39 is 5.97 Å². The highest BCUT2D eigenvalue weighted by atomic mass is 16.5. The lowest BCUT2D eigenvalue weighted by Gasteiger charge is -2.23. The number of ether oxygens (including phenoxy) is 1. The fourth-order valence-corrected chi connectivity index (χ4v) is 4.44. The monoisotopic (exact) mass is 439 g/mol. The predicted octanol–water partition coefficient (Wildman–Crippen LogP) is 6.93. The molecule has 4 aromatic carbocycles. The standard InChI is InChI=1S/C29H29NO3/c1-18-25(13-8-14-26(18)29(31)32)28-17-23(15-22-9-5-6-12-27(22)28)20(3)30-19(2)21-10-7-11-24(16-21)33-4/h5-17,19-20,30H,1-4H3,(H,31,32)/t19-,20?/m1/s1. The van der Waals surface area contributed by atoms with Gasteiger partial charge in [0.05, 0.1) is 12.7 Å². The molecule has 0 fully saturated rings. The average molecular weight is 440 g/mol. The van der Waals surface area contributed by atoms with Crippen LogP contribution in [0.5, 0.6) is 5.75 Å². The SMILES string of the molecule is COc1cccc([C@@H](C)NC(C)c2cc(-c3cccc(C(=O)O)c3C)c3ccccc3c2)c1. The smallest absolute Gasteiger partial charge is 0.335 e. The van der Waals surface area contributed by atoms with Gasteiger partial charge in [0.25, 0.3) is 0 Å². The van der Waals surface area contributed by atoms with Gasteiger partial charge in [0.2, 0.25) is 0 Å². The van der Waals surface area contributed by atoms with Crippen molar-refractivity contribution >= 4 is 16.7 Å².